The van der Waals surface area contributed by atoms with Gasteiger partial charge < -0.3 is 14.8 Å². The van der Waals surface area contributed by atoms with Gasteiger partial charge in [-0.25, -0.2) is 4.90 Å². The maximum absolute atomic E-state index is 13.4. The number of anilines is 2. The van der Waals surface area contributed by atoms with Crippen LogP contribution in [-0.4, -0.2) is 25.5 Å². The van der Waals surface area contributed by atoms with E-state index >= 15 is 0 Å². The van der Waals surface area contributed by atoms with E-state index in [1.807, 2.05) is 55.5 Å². The summed E-state index contributed by atoms with van der Waals surface area (Å²) in [5.74, 6) is 0.518. The molecule has 0 spiro atoms. The van der Waals surface area contributed by atoms with Crippen LogP contribution in [0.25, 0.3) is 5.57 Å². The molecule has 0 aromatic heterocycles. The summed E-state index contributed by atoms with van der Waals surface area (Å²) in [4.78, 5) is 28.0. The first kappa shape index (κ1) is 20.2. The van der Waals surface area contributed by atoms with Gasteiger partial charge in [0.15, 0.2) is 0 Å². The van der Waals surface area contributed by atoms with E-state index in [-0.39, 0.29) is 11.6 Å². The van der Waals surface area contributed by atoms with Gasteiger partial charge in [-0.3, -0.25) is 9.59 Å². The van der Waals surface area contributed by atoms with Crippen LogP contribution in [0, 0.1) is 0 Å². The van der Waals surface area contributed by atoms with Crippen LogP contribution in [0.1, 0.15) is 12.5 Å². The number of hydrogen-bond donors (Lipinski definition) is 1. The van der Waals surface area contributed by atoms with E-state index in [4.69, 9.17) is 9.47 Å². The minimum absolute atomic E-state index is 0.221. The SMILES string of the molecule is CCOc1ccc(N2C(=O)C(Nc3cccc(OC)c3)=C(c3ccccc3)C2=O)cc1. The lowest BCUT2D eigenvalue weighted by molar-refractivity contribution is -0.120. The minimum Gasteiger partial charge on any atom is -0.497 e. The molecular formula is C25H22N2O4. The summed E-state index contributed by atoms with van der Waals surface area (Å²) in [5, 5.41) is 3.14. The van der Waals surface area contributed by atoms with Crippen molar-refractivity contribution in [1.82, 2.24) is 0 Å². The van der Waals surface area contributed by atoms with Gasteiger partial charge in [0.2, 0.25) is 0 Å². The number of ether oxygens (including phenoxy) is 2. The van der Waals surface area contributed by atoms with Gasteiger partial charge in [-0.15, -0.1) is 0 Å². The van der Waals surface area contributed by atoms with E-state index < -0.39 is 5.91 Å². The zero-order valence-corrected chi connectivity index (χ0v) is 17.3. The van der Waals surface area contributed by atoms with Crippen LogP contribution in [0.4, 0.5) is 11.4 Å². The van der Waals surface area contributed by atoms with E-state index in [9.17, 15) is 9.59 Å². The van der Waals surface area contributed by atoms with Crippen molar-refractivity contribution in [2.24, 2.45) is 0 Å². The van der Waals surface area contributed by atoms with Crippen molar-refractivity contribution in [3.63, 3.8) is 0 Å². The third-order valence-electron chi connectivity index (χ3n) is 4.89. The lowest BCUT2D eigenvalue weighted by Crippen LogP contribution is -2.32. The molecule has 1 heterocycles. The zero-order chi connectivity index (χ0) is 21.8. The lowest BCUT2D eigenvalue weighted by Gasteiger charge is -2.16. The van der Waals surface area contributed by atoms with E-state index in [1.165, 1.54) is 4.90 Å². The van der Waals surface area contributed by atoms with Gasteiger partial charge in [-0.2, -0.15) is 0 Å². The molecule has 0 saturated heterocycles. The molecule has 4 rings (SSSR count). The predicted molar refractivity (Wildman–Crippen MR) is 120 cm³/mol. The molecule has 0 fully saturated rings. The molecule has 0 atom stereocenters. The Labute approximate surface area is 180 Å². The van der Waals surface area contributed by atoms with Gasteiger partial charge >= 0.3 is 0 Å². The fraction of sp³-hybridized carbons (Fsp3) is 0.120. The highest BCUT2D eigenvalue weighted by Crippen LogP contribution is 2.34. The molecule has 1 aliphatic rings. The number of carbonyl (C=O) groups excluding carboxylic acids is 2. The van der Waals surface area contributed by atoms with Crippen LogP contribution in [0.15, 0.2) is 84.6 Å². The van der Waals surface area contributed by atoms with Gasteiger partial charge in [0.05, 0.1) is 25.0 Å². The molecule has 1 aliphatic heterocycles. The summed E-state index contributed by atoms with van der Waals surface area (Å²) in [6.07, 6.45) is 0. The van der Waals surface area contributed by atoms with E-state index in [0.29, 0.717) is 40.6 Å². The maximum Gasteiger partial charge on any atom is 0.282 e. The fourth-order valence-electron chi connectivity index (χ4n) is 3.46. The van der Waals surface area contributed by atoms with Crippen LogP contribution in [0.2, 0.25) is 0 Å². The van der Waals surface area contributed by atoms with Crippen molar-refractivity contribution in [2.75, 3.05) is 23.9 Å². The second-order valence-electron chi connectivity index (χ2n) is 6.85. The fourth-order valence-corrected chi connectivity index (χ4v) is 3.46. The molecule has 0 saturated carbocycles. The predicted octanol–water partition coefficient (Wildman–Crippen LogP) is 4.49. The third kappa shape index (κ3) is 4.00. The highest BCUT2D eigenvalue weighted by Gasteiger charge is 2.40. The molecule has 0 aliphatic carbocycles. The molecular weight excluding hydrogens is 392 g/mol. The maximum atomic E-state index is 13.4. The quantitative estimate of drug-likeness (QED) is 0.577. The molecule has 6 nitrogen and oxygen atoms in total. The highest BCUT2D eigenvalue weighted by atomic mass is 16.5. The normalized spacial score (nSPS) is 13.5. The highest BCUT2D eigenvalue weighted by molar-refractivity contribution is 6.46. The summed E-state index contributed by atoms with van der Waals surface area (Å²) in [6, 6.07) is 23.3. The smallest absolute Gasteiger partial charge is 0.282 e. The Bertz CT molecular complexity index is 1140. The zero-order valence-electron chi connectivity index (χ0n) is 17.3. The summed E-state index contributed by atoms with van der Waals surface area (Å²) < 4.78 is 10.7. The summed E-state index contributed by atoms with van der Waals surface area (Å²) in [7, 11) is 1.58. The molecule has 0 radical (unpaired) electrons. The van der Waals surface area contributed by atoms with Gasteiger partial charge in [0.1, 0.15) is 17.2 Å². The number of methoxy groups -OCH3 is 1. The second-order valence-corrected chi connectivity index (χ2v) is 6.85. The van der Waals surface area contributed by atoms with Crippen LogP contribution < -0.4 is 19.7 Å². The first-order valence-electron chi connectivity index (χ1n) is 9.94. The Balaban J connectivity index is 1.75. The number of carbonyl (C=O) groups is 2. The van der Waals surface area contributed by atoms with Crippen molar-refractivity contribution in [2.45, 2.75) is 6.92 Å². The van der Waals surface area contributed by atoms with Crippen molar-refractivity contribution in [3.8, 4) is 11.5 Å². The molecule has 0 unspecified atom stereocenters. The Morgan fingerprint density at radius 2 is 1.58 bits per heavy atom. The summed E-state index contributed by atoms with van der Waals surface area (Å²) >= 11 is 0. The summed E-state index contributed by atoms with van der Waals surface area (Å²) in [5.41, 5.74) is 2.34. The second kappa shape index (κ2) is 8.75. The van der Waals surface area contributed by atoms with Gasteiger partial charge in [0.25, 0.3) is 11.8 Å². The van der Waals surface area contributed by atoms with Crippen molar-refractivity contribution >= 4 is 28.8 Å². The number of nitrogens with one attached hydrogen (secondary N) is 1. The molecule has 6 heteroatoms. The number of rotatable bonds is 7. The van der Waals surface area contributed by atoms with Crippen LogP contribution in [0.5, 0.6) is 11.5 Å². The average Bonchev–Trinajstić information content (AvgIpc) is 3.04. The van der Waals surface area contributed by atoms with Crippen LogP contribution in [-0.2, 0) is 9.59 Å². The van der Waals surface area contributed by atoms with Crippen molar-refractivity contribution in [1.29, 1.82) is 0 Å². The monoisotopic (exact) mass is 414 g/mol. The largest absolute Gasteiger partial charge is 0.497 e. The average molecular weight is 414 g/mol. The third-order valence-corrected chi connectivity index (χ3v) is 4.89. The Morgan fingerprint density at radius 3 is 2.26 bits per heavy atom. The topological polar surface area (TPSA) is 67.9 Å². The van der Waals surface area contributed by atoms with E-state index in [2.05, 4.69) is 5.32 Å². The minimum atomic E-state index is -0.421. The number of nitrogens with zero attached hydrogens (tertiary/aromatic N) is 1. The molecule has 31 heavy (non-hydrogen) atoms. The number of hydrogen-bond acceptors (Lipinski definition) is 5. The molecule has 2 amide bonds. The van der Waals surface area contributed by atoms with Crippen molar-refractivity contribution < 1.29 is 19.1 Å². The number of amides is 2. The molecule has 156 valence electrons. The number of imide groups is 1. The molecule has 0 bridgehead atoms. The lowest BCUT2D eigenvalue weighted by atomic mass is 10.0. The Morgan fingerprint density at radius 1 is 0.839 bits per heavy atom. The van der Waals surface area contributed by atoms with Gasteiger partial charge in [-0.05, 0) is 48.9 Å². The van der Waals surface area contributed by atoms with Crippen LogP contribution >= 0.6 is 0 Å². The molecule has 3 aromatic rings. The van der Waals surface area contributed by atoms with Crippen LogP contribution in [0.3, 0.4) is 0 Å². The van der Waals surface area contributed by atoms with Crippen molar-refractivity contribution in [3.05, 3.63) is 90.1 Å². The summed E-state index contributed by atoms with van der Waals surface area (Å²) in [6.45, 7) is 2.43. The van der Waals surface area contributed by atoms with Gasteiger partial charge in [-0.1, -0.05) is 36.4 Å². The standard InChI is InChI=1S/C25H22N2O4/c1-3-31-20-14-12-19(13-15-20)27-24(28)22(17-8-5-4-6-9-17)23(25(27)29)26-18-10-7-11-21(16-18)30-2/h4-16,26H,3H2,1-2H3. The van der Waals surface area contributed by atoms with E-state index in [0.717, 1.165) is 0 Å². The van der Waals surface area contributed by atoms with Gasteiger partial charge in [0, 0.05) is 11.8 Å². The Kier molecular flexibility index (Phi) is 5.71. The first-order valence-corrected chi connectivity index (χ1v) is 9.94. The Hall–Kier alpha value is -4.06. The van der Waals surface area contributed by atoms with E-state index in [1.54, 1.807) is 37.4 Å². The molecule has 1 N–H and O–H groups in total. The number of benzene rings is 3. The molecule has 3 aromatic carbocycles. The first-order chi connectivity index (χ1) is 15.1.